The number of rotatable bonds is 9. The van der Waals surface area contributed by atoms with Gasteiger partial charge in [-0.2, -0.15) is 0 Å². The first-order valence-corrected chi connectivity index (χ1v) is 10.6. The van der Waals surface area contributed by atoms with Crippen molar-refractivity contribution in [1.82, 2.24) is 20.4 Å². The molecule has 6 nitrogen and oxygen atoms in total. The Kier molecular flexibility index (Phi) is 9.72. The molecule has 0 aromatic carbocycles. The summed E-state index contributed by atoms with van der Waals surface area (Å²) in [6.07, 6.45) is 4.76. The van der Waals surface area contributed by atoms with Crippen LogP contribution in [-0.2, 0) is 4.74 Å². The molecular weight excluding hydrogens is 328 g/mol. The first kappa shape index (κ1) is 21.5. The van der Waals surface area contributed by atoms with Crippen molar-refractivity contribution < 1.29 is 9.53 Å². The molecule has 2 heterocycles. The van der Waals surface area contributed by atoms with Gasteiger partial charge in [-0.15, -0.1) is 0 Å². The topological polar surface area (TPSA) is 56.8 Å². The van der Waals surface area contributed by atoms with Crippen molar-refractivity contribution in [3.8, 4) is 0 Å². The van der Waals surface area contributed by atoms with Crippen molar-refractivity contribution in [2.45, 2.75) is 52.5 Å². The summed E-state index contributed by atoms with van der Waals surface area (Å²) in [7, 11) is 0. The molecule has 2 aliphatic rings. The van der Waals surface area contributed by atoms with Gasteiger partial charge in [0.05, 0.1) is 13.2 Å². The molecule has 0 aromatic heterocycles. The molecule has 2 saturated heterocycles. The number of ether oxygens (including phenoxy) is 1. The van der Waals surface area contributed by atoms with Crippen molar-refractivity contribution in [2.75, 3.05) is 59.0 Å². The number of likely N-dealkylation sites (tertiary alicyclic amines) is 1. The fraction of sp³-hybridized carbons (Fsp3) is 0.950. The van der Waals surface area contributed by atoms with Crippen LogP contribution in [0.25, 0.3) is 0 Å². The Morgan fingerprint density at radius 3 is 2.46 bits per heavy atom. The van der Waals surface area contributed by atoms with E-state index in [0.717, 1.165) is 58.2 Å². The molecule has 152 valence electrons. The number of urea groups is 1. The van der Waals surface area contributed by atoms with Crippen LogP contribution in [0.3, 0.4) is 0 Å². The van der Waals surface area contributed by atoms with Crippen LogP contribution < -0.4 is 10.6 Å². The van der Waals surface area contributed by atoms with Gasteiger partial charge in [0.1, 0.15) is 0 Å². The fourth-order valence-electron chi connectivity index (χ4n) is 3.91. The highest BCUT2D eigenvalue weighted by atomic mass is 16.5. The number of nitrogens with one attached hydrogen (secondary N) is 2. The summed E-state index contributed by atoms with van der Waals surface area (Å²) in [6.45, 7) is 15.4. The molecule has 1 atom stereocenters. The molecule has 2 N–H and O–H groups in total. The summed E-state index contributed by atoms with van der Waals surface area (Å²) in [6, 6.07) is 0.374. The summed E-state index contributed by atoms with van der Waals surface area (Å²) < 4.78 is 5.46. The van der Waals surface area contributed by atoms with Crippen molar-refractivity contribution in [1.29, 1.82) is 0 Å². The van der Waals surface area contributed by atoms with Crippen LogP contribution in [0.1, 0.15) is 46.5 Å². The van der Waals surface area contributed by atoms with E-state index in [2.05, 4.69) is 41.2 Å². The van der Waals surface area contributed by atoms with Gasteiger partial charge < -0.3 is 20.3 Å². The lowest BCUT2D eigenvalue weighted by Crippen LogP contribution is -2.50. The predicted octanol–water partition coefficient (Wildman–Crippen LogP) is 2.15. The summed E-state index contributed by atoms with van der Waals surface area (Å²) in [4.78, 5) is 17.1. The summed E-state index contributed by atoms with van der Waals surface area (Å²) in [5.41, 5.74) is 0. The zero-order chi connectivity index (χ0) is 18.8. The van der Waals surface area contributed by atoms with Gasteiger partial charge in [-0.05, 0) is 57.2 Å². The Labute approximate surface area is 160 Å². The van der Waals surface area contributed by atoms with Gasteiger partial charge in [0.2, 0.25) is 0 Å². The smallest absolute Gasteiger partial charge is 0.314 e. The van der Waals surface area contributed by atoms with E-state index in [9.17, 15) is 4.79 Å². The van der Waals surface area contributed by atoms with Crippen LogP contribution in [0.4, 0.5) is 4.79 Å². The average molecular weight is 369 g/mol. The highest BCUT2D eigenvalue weighted by Crippen LogP contribution is 2.15. The van der Waals surface area contributed by atoms with Crippen LogP contribution in [0.5, 0.6) is 0 Å². The Morgan fingerprint density at radius 2 is 1.81 bits per heavy atom. The largest absolute Gasteiger partial charge is 0.379 e. The first-order valence-electron chi connectivity index (χ1n) is 10.6. The highest BCUT2D eigenvalue weighted by Gasteiger charge is 2.22. The molecule has 2 rings (SSSR count). The van der Waals surface area contributed by atoms with Gasteiger partial charge >= 0.3 is 6.03 Å². The number of hydrogen-bond donors (Lipinski definition) is 2. The number of amides is 2. The molecular formula is C20H40N4O2. The quantitative estimate of drug-likeness (QED) is 0.613. The number of morpholine rings is 1. The molecule has 26 heavy (non-hydrogen) atoms. The van der Waals surface area contributed by atoms with Crippen molar-refractivity contribution in [3.05, 3.63) is 0 Å². The molecule has 6 heteroatoms. The zero-order valence-electron chi connectivity index (χ0n) is 17.1. The van der Waals surface area contributed by atoms with Crippen LogP contribution in [0.2, 0.25) is 0 Å². The minimum absolute atomic E-state index is 0.0284. The molecule has 1 unspecified atom stereocenters. The lowest BCUT2D eigenvalue weighted by atomic mass is 9.99. The second-order valence-electron chi connectivity index (χ2n) is 8.45. The van der Waals surface area contributed by atoms with Gasteiger partial charge in [-0.25, -0.2) is 4.79 Å². The monoisotopic (exact) mass is 368 g/mol. The predicted molar refractivity (Wildman–Crippen MR) is 106 cm³/mol. The number of carbonyl (C=O) groups is 1. The Bertz CT molecular complexity index is 391. The second-order valence-corrected chi connectivity index (χ2v) is 8.45. The molecule has 2 fully saturated rings. The maximum absolute atomic E-state index is 12.1. The summed E-state index contributed by atoms with van der Waals surface area (Å²) >= 11 is 0. The normalized spacial score (nSPS) is 21.7. The van der Waals surface area contributed by atoms with E-state index >= 15 is 0 Å². The second kappa shape index (κ2) is 11.8. The molecule has 0 bridgehead atoms. The zero-order valence-corrected chi connectivity index (χ0v) is 17.1. The molecule has 0 spiro atoms. The minimum Gasteiger partial charge on any atom is -0.379 e. The van der Waals surface area contributed by atoms with E-state index in [-0.39, 0.29) is 6.03 Å². The van der Waals surface area contributed by atoms with E-state index in [4.69, 9.17) is 4.74 Å². The van der Waals surface area contributed by atoms with Gasteiger partial charge in [0.25, 0.3) is 0 Å². The fourth-order valence-corrected chi connectivity index (χ4v) is 3.91. The number of carbonyl (C=O) groups excluding carboxylic acids is 1. The van der Waals surface area contributed by atoms with E-state index in [1.807, 2.05) is 0 Å². The van der Waals surface area contributed by atoms with Gasteiger partial charge in [0, 0.05) is 32.2 Å². The van der Waals surface area contributed by atoms with Gasteiger partial charge in [-0.1, -0.05) is 20.8 Å². The van der Waals surface area contributed by atoms with Crippen molar-refractivity contribution in [2.24, 2.45) is 11.8 Å². The highest BCUT2D eigenvalue weighted by molar-refractivity contribution is 5.73. The van der Waals surface area contributed by atoms with Crippen molar-refractivity contribution >= 4 is 6.03 Å². The van der Waals surface area contributed by atoms with Crippen LogP contribution in [-0.4, -0.2) is 80.9 Å². The van der Waals surface area contributed by atoms with Crippen LogP contribution in [0, 0.1) is 11.8 Å². The number of piperidine rings is 1. The molecule has 0 radical (unpaired) electrons. The third-order valence-electron chi connectivity index (χ3n) is 5.62. The van der Waals surface area contributed by atoms with E-state index in [1.165, 1.54) is 25.9 Å². The lowest BCUT2D eigenvalue weighted by molar-refractivity contribution is 0.0129. The first-order chi connectivity index (χ1) is 12.5. The van der Waals surface area contributed by atoms with Crippen LogP contribution in [0.15, 0.2) is 0 Å². The minimum atomic E-state index is -0.0284. The Balaban J connectivity index is 1.59. The number of hydrogen-bond acceptors (Lipinski definition) is 4. The summed E-state index contributed by atoms with van der Waals surface area (Å²) in [5.74, 6) is 1.50. The Morgan fingerprint density at radius 1 is 1.12 bits per heavy atom. The number of nitrogens with zero attached hydrogens (tertiary/aromatic N) is 2. The molecule has 2 amide bonds. The van der Waals surface area contributed by atoms with Gasteiger partial charge in [0.15, 0.2) is 0 Å². The van der Waals surface area contributed by atoms with Gasteiger partial charge in [-0.3, -0.25) is 4.90 Å². The third-order valence-corrected chi connectivity index (χ3v) is 5.62. The standard InChI is InChI=1S/C20H40N4O2/c1-17(2)15-19(24-11-13-26-14-12-24)16-22-20(25)21-7-4-8-23-9-5-18(3)6-10-23/h17-19H,4-16H2,1-3H3,(H2,21,22,25). The van der Waals surface area contributed by atoms with E-state index < -0.39 is 0 Å². The average Bonchev–Trinajstić information content (AvgIpc) is 2.64. The summed E-state index contributed by atoms with van der Waals surface area (Å²) in [5, 5.41) is 6.11. The van der Waals surface area contributed by atoms with E-state index in [1.54, 1.807) is 0 Å². The molecule has 0 aromatic rings. The maximum atomic E-state index is 12.1. The molecule has 2 aliphatic heterocycles. The van der Waals surface area contributed by atoms with Crippen molar-refractivity contribution in [3.63, 3.8) is 0 Å². The van der Waals surface area contributed by atoms with Crippen LogP contribution >= 0.6 is 0 Å². The third kappa shape index (κ3) is 8.23. The molecule has 0 aliphatic carbocycles. The maximum Gasteiger partial charge on any atom is 0.314 e. The van der Waals surface area contributed by atoms with E-state index in [0.29, 0.717) is 18.5 Å². The molecule has 0 saturated carbocycles. The lowest BCUT2D eigenvalue weighted by Gasteiger charge is -2.35. The SMILES string of the molecule is CC(C)CC(CNC(=O)NCCCN1CCC(C)CC1)N1CCOCC1. The Hall–Kier alpha value is -0.850.